The van der Waals surface area contributed by atoms with E-state index < -0.39 is 12.1 Å². The van der Waals surface area contributed by atoms with Crippen molar-refractivity contribution < 1.29 is 23.1 Å². The van der Waals surface area contributed by atoms with Gasteiger partial charge < -0.3 is 25.1 Å². The maximum absolute atomic E-state index is 14.0. The molecule has 0 bridgehead atoms. The molecule has 10 heteroatoms. The van der Waals surface area contributed by atoms with E-state index in [1.165, 1.54) is 18.6 Å². The number of hydrogen-bond donors (Lipinski definition) is 3. The van der Waals surface area contributed by atoms with E-state index in [2.05, 4.69) is 20.9 Å². The molecule has 2 aromatic carbocycles. The highest BCUT2D eigenvalue weighted by molar-refractivity contribution is 6.31. The third-order valence-corrected chi connectivity index (χ3v) is 8.12. The van der Waals surface area contributed by atoms with Crippen LogP contribution in [-0.2, 0) is 14.3 Å². The molecule has 3 aromatic rings. The van der Waals surface area contributed by atoms with Crippen LogP contribution in [0.5, 0.6) is 0 Å². The van der Waals surface area contributed by atoms with Crippen molar-refractivity contribution in [2.75, 3.05) is 23.8 Å². The van der Waals surface area contributed by atoms with E-state index in [1.54, 1.807) is 31.2 Å². The summed E-state index contributed by atoms with van der Waals surface area (Å²) in [5.41, 5.74) is 2.90. The van der Waals surface area contributed by atoms with E-state index in [1.807, 2.05) is 0 Å². The summed E-state index contributed by atoms with van der Waals surface area (Å²) in [6.07, 6.45) is 6.76. The SMILES string of the molecule is CCOC(=O)C[C@H](CC1CNc2ccc(F)cc21)NC(=O)[C@H](CC1CCCCC1)Nc1nc2ccc(Cl)cc2o1. The number of rotatable bonds is 11. The number of aromatic nitrogens is 1. The van der Waals surface area contributed by atoms with E-state index >= 15 is 0 Å². The Morgan fingerprint density at radius 1 is 1.18 bits per heavy atom. The molecular formula is C30H36ClFN4O4. The number of ether oxygens (including phenoxy) is 1. The van der Waals surface area contributed by atoms with Gasteiger partial charge in [-0.3, -0.25) is 9.59 Å². The number of nitrogens with one attached hydrogen (secondary N) is 3. The summed E-state index contributed by atoms with van der Waals surface area (Å²) in [5.74, 6) is -0.587. The molecular weight excluding hydrogens is 535 g/mol. The van der Waals surface area contributed by atoms with Gasteiger partial charge in [-0.25, -0.2) is 4.39 Å². The maximum Gasteiger partial charge on any atom is 0.307 e. The fourth-order valence-corrected chi connectivity index (χ4v) is 6.10. The van der Waals surface area contributed by atoms with Gasteiger partial charge in [0.05, 0.1) is 13.0 Å². The zero-order valence-electron chi connectivity index (χ0n) is 22.7. The normalized spacial score (nSPS) is 18.5. The quantitative estimate of drug-likeness (QED) is 0.229. The largest absolute Gasteiger partial charge is 0.466 e. The van der Waals surface area contributed by atoms with Crippen LogP contribution in [-0.4, -0.2) is 42.1 Å². The van der Waals surface area contributed by atoms with Crippen LogP contribution in [0, 0.1) is 11.7 Å². The summed E-state index contributed by atoms with van der Waals surface area (Å²) in [6, 6.07) is 9.02. The van der Waals surface area contributed by atoms with Gasteiger partial charge in [0.15, 0.2) is 5.58 Å². The molecule has 214 valence electrons. The van der Waals surface area contributed by atoms with Crippen LogP contribution in [0.1, 0.15) is 69.8 Å². The first-order chi connectivity index (χ1) is 19.4. The highest BCUT2D eigenvalue weighted by atomic mass is 35.5. The lowest BCUT2D eigenvalue weighted by Gasteiger charge is -2.28. The van der Waals surface area contributed by atoms with Crippen LogP contribution in [0.15, 0.2) is 40.8 Å². The third kappa shape index (κ3) is 7.05. The van der Waals surface area contributed by atoms with Gasteiger partial charge in [0.2, 0.25) is 5.91 Å². The molecule has 5 rings (SSSR count). The van der Waals surface area contributed by atoms with E-state index in [4.69, 9.17) is 20.8 Å². The molecule has 0 spiro atoms. The zero-order chi connectivity index (χ0) is 28.1. The molecule has 1 unspecified atom stereocenters. The monoisotopic (exact) mass is 570 g/mol. The van der Waals surface area contributed by atoms with Gasteiger partial charge in [-0.2, -0.15) is 4.98 Å². The highest BCUT2D eigenvalue weighted by Crippen LogP contribution is 2.35. The van der Waals surface area contributed by atoms with Crippen LogP contribution in [0.3, 0.4) is 0 Å². The number of esters is 1. The topological polar surface area (TPSA) is 105 Å². The summed E-state index contributed by atoms with van der Waals surface area (Å²) < 4.78 is 25.1. The summed E-state index contributed by atoms with van der Waals surface area (Å²) in [6.45, 7) is 2.61. The standard InChI is InChI=1S/C30H36ClFN4O4/c1-2-39-28(37)16-22(13-19-17-33-24-11-9-21(32)15-23(19)24)34-29(38)26(12-18-6-4-3-5-7-18)36-30-35-25-10-8-20(31)14-27(25)40-30/h8-11,14-15,18-19,22,26,33H,2-7,12-13,16-17H2,1H3,(H,34,38)(H,35,36)/t19?,22-,26-/m0/s1. The Balaban J connectivity index is 1.34. The number of hydrogen-bond acceptors (Lipinski definition) is 7. The minimum atomic E-state index is -0.609. The smallest absolute Gasteiger partial charge is 0.307 e. The molecule has 8 nitrogen and oxygen atoms in total. The first-order valence-corrected chi connectivity index (χ1v) is 14.6. The van der Waals surface area contributed by atoms with Gasteiger partial charge in [-0.05, 0) is 61.6 Å². The van der Waals surface area contributed by atoms with E-state index in [0.29, 0.717) is 41.4 Å². The van der Waals surface area contributed by atoms with Gasteiger partial charge >= 0.3 is 5.97 Å². The molecule has 0 saturated heterocycles. The van der Waals surface area contributed by atoms with E-state index in [0.717, 1.165) is 36.9 Å². The predicted octanol–water partition coefficient (Wildman–Crippen LogP) is 6.41. The van der Waals surface area contributed by atoms with Gasteiger partial charge in [0.1, 0.15) is 17.4 Å². The number of fused-ring (bicyclic) bond motifs is 2. The molecule has 1 saturated carbocycles. The van der Waals surface area contributed by atoms with Crippen molar-refractivity contribution in [3.63, 3.8) is 0 Å². The second-order valence-electron chi connectivity index (χ2n) is 10.8. The van der Waals surface area contributed by atoms with Crippen molar-refractivity contribution in [2.45, 2.75) is 76.3 Å². The zero-order valence-corrected chi connectivity index (χ0v) is 23.4. The number of amides is 1. The fourth-order valence-electron chi connectivity index (χ4n) is 5.94. The average molecular weight is 571 g/mol. The Hall–Kier alpha value is -3.33. The molecule has 2 heterocycles. The molecule has 40 heavy (non-hydrogen) atoms. The van der Waals surface area contributed by atoms with Gasteiger partial charge in [0.25, 0.3) is 6.01 Å². The molecule has 1 fully saturated rings. The van der Waals surface area contributed by atoms with Crippen molar-refractivity contribution in [2.24, 2.45) is 5.92 Å². The number of halogens is 2. The van der Waals surface area contributed by atoms with Crippen LogP contribution in [0.4, 0.5) is 16.1 Å². The summed E-state index contributed by atoms with van der Waals surface area (Å²) in [7, 11) is 0. The van der Waals surface area contributed by atoms with Crippen molar-refractivity contribution in [3.8, 4) is 0 Å². The Morgan fingerprint density at radius 3 is 2.80 bits per heavy atom. The first kappa shape index (κ1) is 28.2. The van der Waals surface area contributed by atoms with Crippen molar-refractivity contribution in [1.82, 2.24) is 10.3 Å². The molecule has 1 amide bonds. The lowest BCUT2D eigenvalue weighted by molar-refractivity contribution is -0.143. The molecule has 1 aliphatic carbocycles. The minimum Gasteiger partial charge on any atom is -0.466 e. The second-order valence-corrected chi connectivity index (χ2v) is 11.3. The van der Waals surface area contributed by atoms with Crippen molar-refractivity contribution in [1.29, 1.82) is 0 Å². The lowest BCUT2D eigenvalue weighted by atomic mass is 9.84. The Kier molecular flexibility index (Phi) is 9.09. The van der Waals surface area contributed by atoms with Gasteiger partial charge in [-0.1, -0.05) is 43.7 Å². The number of nitrogens with zero attached hydrogens (tertiary/aromatic N) is 1. The average Bonchev–Trinajstić information content (AvgIpc) is 3.51. The third-order valence-electron chi connectivity index (χ3n) is 7.88. The molecule has 2 aliphatic rings. The lowest BCUT2D eigenvalue weighted by Crippen LogP contribution is -2.47. The summed E-state index contributed by atoms with van der Waals surface area (Å²) in [4.78, 5) is 30.8. The number of anilines is 2. The molecule has 1 aliphatic heterocycles. The van der Waals surface area contributed by atoms with Crippen LogP contribution in [0.25, 0.3) is 11.1 Å². The molecule has 3 atom stereocenters. The Labute approximate surface area is 238 Å². The van der Waals surface area contributed by atoms with Gasteiger partial charge in [0, 0.05) is 35.3 Å². The maximum atomic E-state index is 14.0. The Bertz CT molecular complexity index is 1340. The number of benzene rings is 2. The van der Waals surface area contributed by atoms with E-state index in [9.17, 15) is 14.0 Å². The summed E-state index contributed by atoms with van der Waals surface area (Å²) >= 11 is 6.11. The summed E-state index contributed by atoms with van der Waals surface area (Å²) in [5, 5.41) is 10.2. The fraction of sp³-hybridized carbons (Fsp3) is 0.500. The number of carbonyl (C=O) groups is 2. The van der Waals surface area contributed by atoms with Crippen LogP contribution < -0.4 is 16.0 Å². The Morgan fingerprint density at radius 2 is 2.00 bits per heavy atom. The second kappa shape index (κ2) is 12.9. The predicted molar refractivity (Wildman–Crippen MR) is 153 cm³/mol. The molecule has 1 aromatic heterocycles. The number of carbonyl (C=O) groups excluding carboxylic acids is 2. The molecule has 0 radical (unpaired) electrons. The molecule has 3 N–H and O–H groups in total. The van der Waals surface area contributed by atoms with Crippen molar-refractivity contribution >= 4 is 46.3 Å². The minimum absolute atomic E-state index is 0.0261. The van der Waals surface area contributed by atoms with Crippen LogP contribution >= 0.6 is 11.6 Å². The highest BCUT2D eigenvalue weighted by Gasteiger charge is 2.31. The van der Waals surface area contributed by atoms with Gasteiger partial charge in [-0.15, -0.1) is 0 Å². The van der Waals surface area contributed by atoms with Crippen LogP contribution in [0.2, 0.25) is 5.02 Å². The number of oxazole rings is 1. The first-order valence-electron chi connectivity index (χ1n) is 14.2. The van der Waals surface area contributed by atoms with E-state index in [-0.39, 0.29) is 42.7 Å². The van der Waals surface area contributed by atoms with Crippen molar-refractivity contribution in [3.05, 3.63) is 52.8 Å².